The van der Waals surface area contributed by atoms with E-state index >= 15 is 9.59 Å². The molecule has 0 unspecified atom stereocenters. The van der Waals surface area contributed by atoms with Gasteiger partial charge in [0.1, 0.15) is 84.3 Å². The Morgan fingerprint density at radius 2 is 1.20 bits per heavy atom. The fourth-order valence-corrected chi connectivity index (χ4v) is 12.4. The summed E-state index contributed by atoms with van der Waals surface area (Å²) in [5, 5.41) is 43.4. The zero-order valence-corrected chi connectivity index (χ0v) is 66.3. The molecule has 0 bridgehead atoms. The molecule has 0 spiro atoms. The number of nitrogens with one attached hydrogen (secondary N) is 12. The second-order valence-electron chi connectivity index (χ2n) is 30.3. The van der Waals surface area contributed by atoms with Crippen LogP contribution in [0.25, 0.3) is 0 Å². The fourth-order valence-electron chi connectivity index (χ4n) is 12.2. The van der Waals surface area contributed by atoms with Crippen LogP contribution >= 0.6 is 11.6 Å². The van der Waals surface area contributed by atoms with E-state index in [0.717, 1.165) is 6.42 Å². The molecule has 106 heavy (non-hydrogen) atoms. The standard InChI is InChI=1S/C75H123ClN14O16/c1-20-43(16)59(71(101)89-62-46(19)106-75(105)58(42(14)15)85-63(93)49(22-3)78-65(95)51(36-47-28-24-29-48(76)35-47)80-67(97)55(39(8)9)82-70(100)60(44(17)21-2)87-73(62)103)86-64(94)50(30-25-33-77)79-66(96)52-31-26-34-90(52)74(104)57(41(12)13)84-69(99)56(40(10)11)83-72(102)61(45(18)91)88-68(98)54(38(6)7)81-53(92)32-23-27-37(4)5/h22,24,28-29,35,37-46,50-52,54-62,91H,20-21,23,25-27,30-34,36,77H2,1-19H3,(H,78,95)(H,79,96)(H,80,97)(H,81,92)(H,82,100)(H,83,102)(H,84,99)(H,85,93)(H,86,94)(H,87,103)(H,88,98)(H,89,101)/b49-22-/t43-,44-,45+,46+,50-,51-,52+,54+,55+,56-,57+,58-,59+,60+,61-,62+/m0/s1. The van der Waals surface area contributed by atoms with Crippen molar-refractivity contribution in [2.45, 2.75) is 280 Å². The Morgan fingerprint density at radius 1 is 0.642 bits per heavy atom. The molecule has 2 fully saturated rings. The lowest BCUT2D eigenvalue weighted by Crippen LogP contribution is -2.64. The Balaban J connectivity index is 2.01. The van der Waals surface area contributed by atoms with Gasteiger partial charge in [-0.15, -0.1) is 0 Å². The monoisotopic (exact) mass is 1510 g/mol. The van der Waals surface area contributed by atoms with E-state index < -0.39 is 203 Å². The molecule has 2 saturated heterocycles. The molecule has 15 N–H and O–H groups in total. The fraction of sp³-hybridized carbons (Fsp3) is 0.707. The summed E-state index contributed by atoms with van der Waals surface area (Å²) in [7, 11) is 0. The van der Waals surface area contributed by atoms with Gasteiger partial charge in [-0.3, -0.25) is 62.3 Å². The van der Waals surface area contributed by atoms with E-state index in [-0.39, 0.29) is 63.2 Å². The number of carbonyl (C=O) groups excluding carboxylic acids is 14. The molecular formula is C75H123ClN14O16. The summed E-state index contributed by atoms with van der Waals surface area (Å²) < 4.78 is 5.96. The van der Waals surface area contributed by atoms with Crippen LogP contribution in [0.2, 0.25) is 5.02 Å². The number of carbonyl (C=O) groups is 14. The van der Waals surface area contributed by atoms with Gasteiger partial charge >= 0.3 is 5.97 Å². The number of esters is 1. The average molecular weight is 1510 g/mol. The summed E-state index contributed by atoms with van der Waals surface area (Å²) in [5.74, 6) is -15.3. The number of aliphatic hydroxyl groups is 1. The summed E-state index contributed by atoms with van der Waals surface area (Å²) in [4.78, 5) is 202. The van der Waals surface area contributed by atoms with Crippen LogP contribution in [0, 0.1) is 47.3 Å². The Bertz CT molecular complexity index is 3240. The SMILES string of the molecule is C/C=C1\NC(=O)[C@H](Cc2cccc(Cl)c2)NC(=O)[C@@H](C(C)C)NC(=O)[C@@H]([C@@H](C)CC)NC(=O)[C@H](NC(=O)[C@H](NC(=O)[C@H](CCCN)NC(=O)[C@H]2CCCN2C(=O)[C@H](NC(=O)[C@@H](NC(=O)[C@@H](NC(=O)[C@H](NC(=O)CCCC(C)C)C(C)C)[C@@H](C)O)C(C)C)C(C)C)[C@@H](C)CC)[C@@H](C)OC(=O)[C@H](C(C)C)NC1=O. The van der Waals surface area contributed by atoms with Crippen LogP contribution in [0.3, 0.4) is 0 Å². The Hall–Kier alpha value is -8.25. The number of nitrogens with zero attached hydrogens (tertiary/aromatic N) is 1. The lowest BCUT2D eigenvalue weighted by Gasteiger charge is -2.33. The van der Waals surface area contributed by atoms with Crippen LogP contribution in [0.4, 0.5) is 0 Å². The van der Waals surface area contributed by atoms with Crippen LogP contribution in [-0.4, -0.2) is 191 Å². The third kappa shape index (κ3) is 27.8. The molecular weight excluding hydrogens is 1390 g/mol. The van der Waals surface area contributed by atoms with Gasteiger partial charge in [0, 0.05) is 24.4 Å². The smallest absolute Gasteiger partial charge is 0.329 e. The van der Waals surface area contributed by atoms with Crippen molar-refractivity contribution < 1.29 is 77.0 Å². The summed E-state index contributed by atoms with van der Waals surface area (Å²) in [5.41, 5.74) is 6.20. The largest absolute Gasteiger partial charge is 0.458 e. The second-order valence-corrected chi connectivity index (χ2v) is 30.8. The number of likely N-dealkylation sites (tertiary alicyclic amines) is 1. The van der Waals surface area contributed by atoms with Crippen molar-refractivity contribution in [2.75, 3.05) is 13.1 Å². The first-order valence-electron chi connectivity index (χ1n) is 37.6. The van der Waals surface area contributed by atoms with E-state index in [1.54, 1.807) is 121 Å². The molecule has 2 heterocycles. The number of hydrogen-bond acceptors (Lipinski definition) is 17. The Labute approximate surface area is 630 Å². The quantitative estimate of drug-likeness (QED) is 0.0355. The first kappa shape index (κ1) is 92.0. The van der Waals surface area contributed by atoms with Crippen molar-refractivity contribution >= 4 is 94.4 Å². The maximum absolute atomic E-state index is 15.1. The lowest BCUT2D eigenvalue weighted by molar-refractivity contribution is -0.157. The zero-order chi connectivity index (χ0) is 80.3. The van der Waals surface area contributed by atoms with Crippen molar-refractivity contribution in [3.63, 3.8) is 0 Å². The van der Waals surface area contributed by atoms with Crippen molar-refractivity contribution in [3.05, 3.63) is 46.6 Å². The van der Waals surface area contributed by atoms with Gasteiger partial charge in [-0.25, -0.2) is 4.79 Å². The molecule has 0 saturated carbocycles. The maximum Gasteiger partial charge on any atom is 0.329 e. The van der Waals surface area contributed by atoms with E-state index in [0.29, 0.717) is 35.8 Å². The van der Waals surface area contributed by atoms with Crippen molar-refractivity contribution in [1.29, 1.82) is 0 Å². The third-order valence-electron chi connectivity index (χ3n) is 19.3. The van der Waals surface area contributed by atoms with E-state index in [4.69, 9.17) is 22.1 Å². The van der Waals surface area contributed by atoms with Crippen LogP contribution < -0.4 is 69.5 Å². The number of cyclic esters (lactones) is 1. The number of hydrogen-bond donors (Lipinski definition) is 14. The van der Waals surface area contributed by atoms with Gasteiger partial charge in [0.25, 0.3) is 5.91 Å². The molecule has 1 aromatic rings. The number of ether oxygens (including phenoxy) is 1. The number of halogens is 1. The van der Waals surface area contributed by atoms with Gasteiger partial charge in [-0.05, 0) is 124 Å². The van der Waals surface area contributed by atoms with E-state index in [1.807, 2.05) is 13.8 Å². The molecule has 2 aliphatic heterocycles. The van der Waals surface area contributed by atoms with E-state index in [9.17, 15) is 62.6 Å². The van der Waals surface area contributed by atoms with Gasteiger partial charge < -0.3 is 84.3 Å². The lowest BCUT2D eigenvalue weighted by atomic mass is 9.95. The maximum atomic E-state index is 15.1. The minimum Gasteiger partial charge on any atom is -0.458 e. The number of amides is 13. The van der Waals surface area contributed by atoms with Crippen molar-refractivity contribution in [3.8, 4) is 0 Å². The van der Waals surface area contributed by atoms with Gasteiger partial charge in [0.15, 0.2) is 0 Å². The van der Waals surface area contributed by atoms with E-state index in [2.05, 4.69) is 63.8 Å². The first-order valence-corrected chi connectivity index (χ1v) is 38.0. The van der Waals surface area contributed by atoms with Crippen LogP contribution in [0.15, 0.2) is 36.0 Å². The highest BCUT2D eigenvalue weighted by Crippen LogP contribution is 2.24. The first-order chi connectivity index (χ1) is 49.6. The molecule has 31 heteroatoms. The molecule has 0 radical (unpaired) electrons. The predicted molar refractivity (Wildman–Crippen MR) is 400 cm³/mol. The molecule has 2 aliphatic rings. The van der Waals surface area contributed by atoms with E-state index in [1.165, 1.54) is 31.7 Å². The minimum absolute atomic E-state index is 0.0565. The minimum atomic E-state index is -1.84. The summed E-state index contributed by atoms with van der Waals surface area (Å²) in [6, 6.07) is -10.0. The number of nitrogens with two attached hydrogens (primary N) is 1. The molecule has 13 amide bonds. The molecule has 0 aliphatic carbocycles. The molecule has 0 aromatic heterocycles. The third-order valence-corrected chi connectivity index (χ3v) is 19.5. The highest BCUT2D eigenvalue weighted by molar-refractivity contribution is 6.30. The molecule has 16 atom stereocenters. The van der Waals surface area contributed by atoms with Crippen LogP contribution in [-0.2, 0) is 78.3 Å². The zero-order valence-electron chi connectivity index (χ0n) is 65.5. The topological polar surface area (TPSA) is 442 Å². The second kappa shape index (κ2) is 44.1. The summed E-state index contributed by atoms with van der Waals surface area (Å²) in [6.45, 7) is 31.6. The van der Waals surface area contributed by atoms with Gasteiger partial charge in [-0.2, -0.15) is 0 Å². The Kier molecular flexibility index (Phi) is 38.3. The van der Waals surface area contributed by atoms with Crippen molar-refractivity contribution in [1.82, 2.24) is 68.7 Å². The average Bonchev–Trinajstić information content (AvgIpc) is 1.51. The number of aliphatic hydroxyl groups excluding tert-OH is 1. The normalized spacial score (nSPS) is 22.5. The highest BCUT2D eigenvalue weighted by atomic mass is 35.5. The predicted octanol–water partition coefficient (Wildman–Crippen LogP) is 2.49. The van der Waals surface area contributed by atoms with Gasteiger partial charge in [0.2, 0.25) is 70.9 Å². The van der Waals surface area contributed by atoms with Crippen LogP contribution in [0.1, 0.15) is 195 Å². The van der Waals surface area contributed by atoms with Crippen LogP contribution in [0.5, 0.6) is 0 Å². The molecule has 30 nitrogen and oxygen atoms in total. The number of rotatable bonds is 33. The molecule has 3 rings (SSSR count). The van der Waals surface area contributed by atoms with Gasteiger partial charge in [-0.1, -0.05) is 160 Å². The number of allylic oxidation sites excluding steroid dienone is 1. The Morgan fingerprint density at radius 3 is 1.74 bits per heavy atom. The molecule has 1 aromatic carbocycles. The van der Waals surface area contributed by atoms with Gasteiger partial charge in [0.05, 0.1) is 6.10 Å². The summed E-state index contributed by atoms with van der Waals surface area (Å²) in [6.07, 6.45) is 0.871. The van der Waals surface area contributed by atoms with Crippen molar-refractivity contribution in [2.24, 2.45) is 53.1 Å². The highest BCUT2D eigenvalue weighted by Gasteiger charge is 2.44. The summed E-state index contributed by atoms with van der Waals surface area (Å²) >= 11 is 6.31. The molecule has 596 valence electrons. The number of benzene rings is 1.